The number of fused-ring (bicyclic) bond motifs is 1. The first-order valence-corrected chi connectivity index (χ1v) is 9.96. The van der Waals surface area contributed by atoms with Gasteiger partial charge >= 0.3 is 5.69 Å². The van der Waals surface area contributed by atoms with Crippen molar-refractivity contribution in [2.45, 2.75) is 33.6 Å². The van der Waals surface area contributed by atoms with Gasteiger partial charge in [0, 0.05) is 25.1 Å². The molecular formula is C23H22N4O4. The van der Waals surface area contributed by atoms with Crippen LogP contribution in [0.2, 0.25) is 0 Å². The molecule has 0 fully saturated rings. The third-order valence-electron chi connectivity index (χ3n) is 5.07. The zero-order valence-corrected chi connectivity index (χ0v) is 17.3. The van der Waals surface area contributed by atoms with Crippen LogP contribution in [0.1, 0.15) is 30.0 Å². The molecule has 8 heteroatoms. The fraction of sp³-hybridized carbons (Fsp3) is 0.217. The molecule has 31 heavy (non-hydrogen) atoms. The summed E-state index contributed by atoms with van der Waals surface area (Å²) in [6.07, 6.45) is 1.44. The van der Waals surface area contributed by atoms with Crippen molar-refractivity contribution < 1.29 is 9.53 Å². The molecule has 2 heterocycles. The average molecular weight is 418 g/mol. The number of hydrogen-bond donors (Lipinski definition) is 0. The first-order chi connectivity index (χ1) is 15.0. The summed E-state index contributed by atoms with van der Waals surface area (Å²) in [6.45, 7) is 4.28. The lowest BCUT2D eigenvalue weighted by molar-refractivity contribution is 0.0933. The molecule has 4 rings (SSSR count). The molecule has 0 aliphatic rings. The molecule has 0 N–H and O–H groups in total. The number of benzene rings is 2. The van der Waals surface area contributed by atoms with Crippen LogP contribution >= 0.6 is 0 Å². The Kier molecular flexibility index (Phi) is 5.64. The van der Waals surface area contributed by atoms with Crippen molar-refractivity contribution in [2.75, 3.05) is 0 Å². The summed E-state index contributed by atoms with van der Waals surface area (Å²) >= 11 is 0. The van der Waals surface area contributed by atoms with Gasteiger partial charge in [0.25, 0.3) is 5.56 Å². The van der Waals surface area contributed by atoms with Crippen LogP contribution in [0.5, 0.6) is 0 Å². The number of carbonyl (C=O) groups is 1. The number of rotatable bonds is 6. The molecule has 8 nitrogen and oxygen atoms in total. The highest BCUT2D eigenvalue weighted by molar-refractivity contribution is 5.86. The van der Waals surface area contributed by atoms with Gasteiger partial charge in [-0.05, 0) is 42.1 Å². The monoisotopic (exact) mass is 418 g/mol. The highest BCUT2D eigenvalue weighted by atomic mass is 16.5. The van der Waals surface area contributed by atoms with Crippen LogP contribution in [-0.2, 0) is 24.5 Å². The third kappa shape index (κ3) is 3.97. The number of carbonyl (C=O) groups excluding carboxylic acids is 1. The Morgan fingerprint density at radius 2 is 1.81 bits per heavy atom. The Bertz CT molecular complexity index is 1370. The van der Waals surface area contributed by atoms with Crippen molar-refractivity contribution in [3.8, 4) is 5.69 Å². The minimum Gasteiger partial charge on any atom is -0.369 e. The van der Waals surface area contributed by atoms with Crippen LogP contribution in [0.3, 0.4) is 0 Å². The third-order valence-corrected chi connectivity index (χ3v) is 5.07. The zero-order chi connectivity index (χ0) is 22.0. The maximum Gasteiger partial charge on any atom is 0.350 e. The predicted octanol–water partition coefficient (Wildman–Crippen LogP) is 2.75. The van der Waals surface area contributed by atoms with Crippen molar-refractivity contribution in [3.63, 3.8) is 0 Å². The molecule has 0 aliphatic carbocycles. The molecule has 0 atom stereocenters. The Morgan fingerprint density at radius 1 is 1.03 bits per heavy atom. The van der Waals surface area contributed by atoms with Gasteiger partial charge in [0.05, 0.1) is 12.3 Å². The van der Waals surface area contributed by atoms with Crippen molar-refractivity contribution in [3.05, 3.63) is 93.0 Å². The molecule has 2 aromatic heterocycles. The summed E-state index contributed by atoms with van der Waals surface area (Å²) in [5.74, 6) is 0.171. The van der Waals surface area contributed by atoms with E-state index in [-0.39, 0.29) is 18.2 Å². The molecule has 0 bridgehead atoms. The van der Waals surface area contributed by atoms with E-state index in [1.807, 2.05) is 37.3 Å². The fourth-order valence-electron chi connectivity index (χ4n) is 3.48. The smallest absolute Gasteiger partial charge is 0.350 e. The van der Waals surface area contributed by atoms with Gasteiger partial charge in [-0.2, -0.15) is 4.68 Å². The van der Waals surface area contributed by atoms with E-state index in [0.717, 1.165) is 10.1 Å². The largest absolute Gasteiger partial charge is 0.369 e. The summed E-state index contributed by atoms with van der Waals surface area (Å²) in [5, 5.41) is 5.49. The molecule has 0 amide bonds. The average Bonchev–Trinajstić information content (AvgIpc) is 3.09. The van der Waals surface area contributed by atoms with Crippen molar-refractivity contribution >= 4 is 16.7 Å². The molecule has 4 aromatic rings. The zero-order valence-electron chi connectivity index (χ0n) is 17.3. The van der Waals surface area contributed by atoms with Crippen molar-refractivity contribution in [2.24, 2.45) is 0 Å². The van der Waals surface area contributed by atoms with Crippen LogP contribution in [0.25, 0.3) is 16.5 Å². The minimum absolute atomic E-state index is 0.196. The fourth-order valence-corrected chi connectivity index (χ4v) is 3.48. The van der Waals surface area contributed by atoms with Gasteiger partial charge < -0.3 is 4.74 Å². The Labute approximate surface area is 177 Å². The lowest BCUT2D eigenvalue weighted by atomic mass is 10.1. The van der Waals surface area contributed by atoms with E-state index in [1.54, 1.807) is 28.8 Å². The number of ether oxygens (including phenoxy) is 1. The molecule has 0 saturated carbocycles. The lowest BCUT2D eigenvalue weighted by Crippen LogP contribution is -2.25. The Balaban J connectivity index is 1.65. The topological polar surface area (TPSA) is 88.1 Å². The van der Waals surface area contributed by atoms with Crippen LogP contribution in [0, 0.1) is 0 Å². The quantitative estimate of drug-likeness (QED) is 0.480. The number of aromatic nitrogens is 4. The highest BCUT2D eigenvalue weighted by Gasteiger charge is 2.15. The van der Waals surface area contributed by atoms with E-state index in [4.69, 9.17) is 4.74 Å². The normalized spacial score (nSPS) is 11.2. The second kappa shape index (κ2) is 8.53. The molecule has 0 aliphatic heterocycles. The Hall–Kier alpha value is -3.78. The summed E-state index contributed by atoms with van der Waals surface area (Å²) in [5.41, 5.74) is 0.905. The van der Waals surface area contributed by atoms with Gasteiger partial charge in [0.15, 0.2) is 5.82 Å². The summed E-state index contributed by atoms with van der Waals surface area (Å²) in [7, 11) is 0. The van der Waals surface area contributed by atoms with Crippen LogP contribution < -0.4 is 11.2 Å². The minimum atomic E-state index is -0.391. The van der Waals surface area contributed by atoms with Gasteiger partial charge in [-0.25, -0.2) is 4.79 Å². The van der Waals surface area contributed by atoms with Crippen LogP contribution in [0.15, 0.2) is 70.4 Å². The second-order valence-corrected chi connectivity index (χ2v) is 7.11. The SMILES string of the molecule is CCn1c(COCc2ccccc2)nn(-c2ccc3c(=O)n(C(C)=O)ccc3c2)c1=O. The van der Waals surface area contributed by atoms with Gasteiger partial charge in [0.1, 0.15) is 6.61 Å². The standard InChI is InChI=1S/C23H22N4O4/c1-3-25-21(15-31-14-17-7-5-4-6-8-17)24-27(23(25)30)19-9-10-20-18(13-19)11-12-26(16(2)28)22(20)29/h4-13H,3,14-15H2,1-2H3. The molecule has 0 radical (unpaired) electrons. The maximum atomic E-state index is 12.9. The molecule has 0 spiro atoms. The second-order valence-electron chi connectivity index (χ2n) is 7.11. The van der Waals surface area contributed by atoms with E-state index in [0.29, 0.717) is 35.4 Å². The molecule has 0 unspecified atom stereocenters. The Morgan fingerprint density at radius 3 is 2.52 bits per heavy atom. The van der Waals surface area contributed by atoms with Gasteiger partial charge in [0.2, 0.25) is 5.91 Å². The summed E-state index contributed by atoms with van der Waals surface area (Å²) < 4.78 is 9.68. The number of pyridine rings is 1. The first-order valence-electron chi connectivity index (χ1n) is 9.96. The lowest BCUT2D eigenvalue weighted by Gasteiger charge is -2.05. The number of nitrogens with zero attached hydrogens (tertiary/aromatic N) is 4. The van der Waals surface area contributed by atoms with E-state index in [1.165, 1.54) is 17.8 Å². The molecule has 2 aromatic carbocycles. The van der Waals surface area contributed by atoms with E-state index in [9.17, 15) is 14.4 Å². The molecule has 0 saturated heterocycles. The highest BCUT2D eigenvalue weighted by Crippen LogP contribution is 2.15. The summed E-state index contributed by atoms with van der Waals surface area (Å²) in [6, 6.07) is 16.4. The van der Waals surface area contributed by atoms with Gasteiger partial charge in [-0.1, -0.05) is 30.3 Å². The van der Waals surface area contributed by atoms with E-state index in [2.05, 4.69) is 5.10 Å². The van der Waals surface area contributed by atoms with Crippen LogP contribution in [-0.4, -0.2) is 24.8 Å². The summed E-state index contributed by atoms with van der Waals surface area (Å²) in [4.78, 5) is 36.9. The maximum absolute atomic E-state index is 12.9. The predicted molar refractivity (Wildman–Crippen MR) is 116 cm³/mol. The van der Waals surface area contributed by atoms with Crippen LogP contribution in [0.4, 0.5) is 0 Å². The molecule has 158 valence electrons. The van der Waals surface area contributed by atoms with E-state index >= 15 is 0 Å². The first kappa shape index (κ1) is 20.5. The van der Waals surface area contributed by atoms with Gasteiger partial charge in [-0.3, -0.25) is 18.7 Å². The van der Waals surface area contributed by atoms with E-state index < -0.39 is 5.56 Å². The number of hydrogen-bond acceptors (Lipinski definition) is 5. The molecular weight excluding hydrogens is 396 g/mol. The van der Waals surface area contributed by atoms with Crippen molar-refractivity contribution in [1.29, 1.82) is 0 Å². The van der Waals surface area contributed by atoms with Gasteiger partial charge in [-0.15, -0.1) is 5.10 Å². The van der Waals surface area contributed by atoms with Crippen molar-refractivity contribution in [1.82, 2.24) is 18.9 Å².